The lowest BCUT2D eigenvalue weighted by Gasteiger charge is -1.90. The molecular weight excluding hydrogens is 88.1 g/mol. The van der Waals surface area contributed by atoms with E-state index in [0.717, 1.165) is 0 Å². The van der Waals surface area contributed by atoms with Crippen LogP contribution in [0.15, 0.2) is 11.5 Å². The highest BCUT2D eigenvalue weighted by Gasteiger charge is 2.26. The van der Waals surface area contributed by atoms with Crippen LogP contribution < -0.4 is 0 Å². The third kappa shape index (κ3) is 0.441. The van der Waals surface area contributed by atoms with Crippen molar-refractivity contribution in [1.29, 1.82) is 0 Å². The molecule has 2 rings (SSSR count). The Morgan fingerprint density at radius 1 is 1.00 bits per heavy atom. The van der Waals surface area contributed by atoms with Gasteiger partial charge in [-0.25, -0.2) is 0 Å². The molecule has 1 heterocycles. The van der Waals surface area contributed by atoms with E-state index < -0.39 is 0 Å². The topological polar surface area (TPSA) is 12.5 Å². The zero-order valence-corrected chi connectivity index (χ0v) is 4.24. The molecule has 1 nitrogen and oxygen atoms in total. The second-order valence-corrected chi connectivity index (χ2v) is 2.16. The maximum absolute atomic E-state index is 5.11. The summed E-state index contributed by atoms with van der Waals surface area (Å²) in [5.74, 6) is 2.59. The van der Waals surface area contributed by atoms with E-state index >= 15 is 0 Å². The van der Waals surface area contributed by atoms with Crippen LogP contribution in [0.2, 0.25) is 0 Å². The van der Waals surface area contributed by atoms with E-state index in [1.165, 1.54) is 37.2 Å². The van der Waals surface area contributed by atoms with Gasteiger partial charge in [-0.2, -0.15) is 0 Å². The number of ether oxygens (including phenoxy) is 1. The van der Waals surface area contributed by atoms with Gasteiger partial charge < -0.3 is 4.74 Å². The molecule has 0 N–H and O–H groups in total. The van der Waals surface area contributed by atoms with Gasteiger partial charge in [0.25, 0.3) is 0 Å². The Morgan fingerprint density at radius 3 is 2.00 bits per heavy atom. The van der Waals surface area contributed by atoms with Crippen molar-refractivity contribution in [3.8, 4) is 0 Å². The molecule has 0 saturated heterocycles. The summed E-state index contributed by atoms with van der Waals surface area (Å²) in [7, 11) is 0. The Bertz CT molecular complexity index is 110. The van der Waals surface area contributed by atoms with Crippen LogP contribution in [-0.4, -0.2) is 0 Å². The molecule has 0 spiro atoms. The number of hydrogen-bond acceptors (Lipinski definition) is 1. The number of hydrogen-bond donors (Lipinski definition) is 0. The molecule has 0 saturated carbocycles. The van der Waals surface area contributed by atoms with Crippen LogP contribution in [0.3, 0.4) is 0 Å². The molecule has 0 amide bonds. The smallest absolute Gasteiger partial charge is 0.142 e. The van der Waals surface area contributed by atoms with Gasteiger partial charge in [0.1, 0.15) is 11.5 Å². The Morgan fingerprint density at radius 2 is 1.57 bits per heavy atom. The maximum atomic E-state index is 5.11. The zero-order chi connectivity index (χ0) is 4.69. The summed E-state index contributed by atoms with van der Waals surface area (Å²) in [6, 6.07) is 0. The highest BCUT2D eigenvalue weighted by atomic mass is 16.6. The standard InChI is InChI=1S/C6H8O/c1-2-4-6-5(3-1)7-6/h1-4H2. The van der Waals surface area contributed by atoms with Crippen molar-refractivity contribution in [2.24, 2.45) is 0 Å². The van der Waals surface area contributed by atoms with Gasteiger partial charge in [0.2, 0.25) is 0 Å². The van der Waals surface area contributed by atoms with E-state index in [4.69, 9.17) is 4.74 Å². The van der Waals surface area contributed by atoms with E-state index in [9.17, 15) is 0 Å². The minimum absolute atomic E-state index is 1.22. The summed E-state index contributed by atoms with van der Waals surface area (Å²) in [5.41, 5.74) is 0. The van der Waals surface area contributed by atoms with Crippen molar-refractivity contribution >= 4 is 0 Å². The molecule has 0 unspecified atom stereocenters. The summed E-state index contributed by atoms with van der Waals surface area (Å²) >= 11 is 0. The van der Waals surface area contributed by atoms with Crippen molar-refractivity contribution < 1.29 is 4.74 Å². The summed E-state index contributed by atoms with van der Waals surface area (Å²) in [6.45, 7) is 0. The highest BCUT2D eigenvalue weighted by Crippen LogP contribution is 2.38. The lowest BCUT2D eigenvalue weighted by atomic mass is 10.1. The second kappa shape index (κ2) is 1.03. The highest BCUT2D eigenvalue weighted by molar-refractivity contribution is 5.19. The summed E-state index contributed by atoms with van der Waals surface area (Å²) in [4.78, 5) is 0. The van der Waals surface area contributed by atoms with Gasteiger partial charge in [0, 0.05) is 12.8 Å². The molecule has 0 aromatic carbocycles. The molecule has 0 fully saturated rings. The van der Waals surface area contributed by atoms with E-state index in [1.807, 2.05) is 0 Å². The maximum Gasteiger partial charge on any atom is 0.142 e. The average Bonchev–Trinajstić information content (AvgIpc) is 2.41. The summed E-state index contributed by atoms with van der Waals surface area (Å²) in [5, 5.41) is 0. The van der Waals surface area contributed by atoms with Gasteiger partial charge in [0.05, 0.1) is 0 Å². The van der Waals surface area contributed by atoms with Gasteiger partial charge in [-0.15, -0.1) is 0 Å². The molecule has 2 aliphatic rings. The van der Waals surface area contributed by atoms with E-state index in [1.54, 1.807) is 0 Å². The van der Waals surface area contributed by atoms with Crippen LogP contribution in [0.25, 0.3) is 0 Å². The molecule has 7 heavy (non-hydrogen) atoms. The largest absolute Gasteiger partial charge is 0.459 e. The van der Waals surface area contributed by atoms with E-state index in [0.29, 0.717) is 0 Å². The van der Waals surface area contributed by atoms with Crippen molar-refractivity contribution in [2.45, 2.75) is 25.7 Å². The Balaban J connectivity index is 2.15. The summed E-state index contributed by atoms with van der Waals surface area (Å²) in [6.07, 6.45) is 5.13. The van der Waals surface area contributed by atoms with Crippen molar-refractivity contribution in [3.05, 3.63) is 11.5 Å². The van der Waals surface area contributed by atoms with E-state index in [-0.39, 0.29) is 0 Å². The first-order valence-electron chi connectivity index (χ1n) is 2.87. The van der Waals surface area contributed by atoms with Crippen molar-refractivity contribution in [3.63, 3.8) is 0 Å². The Labute approximate surface area is 43.0 Å². The monoisotopic (exact) mass is 96.1 g/mol. The van der Waals surface area contributed by atoms with Crippen LogP contribution in [0.1, 0.15) is 25.7 Å². The second-order valence-electron chi connectivity index (χ2n) is 2.16. The molecule has 0 radical (unpaired) electrons. The first-order chi connectivity index (χ1) is 3.47. The summed E-state index contributed by atoms with van der Waals surface area (Å²) < 4.78 is 5.11. The van der Waals surface area contributed by atoms with Gasteiger partial charge in [-0.05, 0) is 12.8 Å². The van der Waals surface area contributed by atoms with E-state index in [2.05, 4.69) is 0 Å². The Hall–Kier alpha value is -0.460. The molecule has 0 atom stereocenters. The number of allylic oxidation sites excluding steroid dienone is 2. The van der Waals surface area contributed by atoms with Crippen LogP contribution in [0, 0.1) is 0 Å². The lowest BCUT2D eigenvalue weighted by Crippen LogP contribution is -1.77. The first kappa shape index (κ1) is 3.53. The molecule has 1 aliphatic heterocycles. The lowest BCUT2D eigenvalue weighted by molar-refractivity contribution is 0.457. The van der Waals surface area contributed by atoms with Crippen LogP contribution in [-0.2, 0) is 4.74 Å². The molecular formula is C6H8O. The van der Waals surface area contributed by atoms with Gasteiger partial charge in [-0.3, -0.25) is 0 Å². The average molecular weight is 96.1 g/mol. The van der Waals surface area contributed by atoms with Crippen molar-refractivity contribution in [2.75, 3.05) is 0 Å². The minimum Gasteiger partial charge on any atom is -0.459 e. The van der Waals surface area contributed by atoms with Gasteiger partial charge in [-0.1, -0.05) is 0 Å². The SMILES string of the molecule is C1CCC2=C(C1)O2. The molecule has 1 heteroatoms. The van der Waals surface area contributed by atoms with Gasteiger partial charge in [0.15, 0.2) is 0 Å². The van der Waals surface area contributed by atoms with Gasteiger partial charge >= 0.3 is 0 Å². The predicted molar refractivity (Wildman–Crippen MR) is 26.6 cm³/mol. The predicted octanol–water partition coefficient (Wildman–Crippen LogP) is 1.80. The quantitative estimate of drug-likeness (QED) is 0.448. The fraction of sp³-hybridized carbons (Fsp3) is 0.667. The fourth-order valence-corrected chi connectivity index (χ4v) is 1.08. The zero-order valence-electron chi connectivity index (χ0n) is 4.24. The molecule has 0 bridgehead atoms. The Kier molecular flexibility index (Phi) is 0.518. The third-order valence-corrected chi connectivity index (χ3v) is 1.57. The van der Waals surface area contributed by atoms with Crippen molar-refractivity contribution in [1.82, 2.24) is 0 Å². The molecule has 0 aromatic rings. The van der Waals surface area contributed by atoms with Crippen LogP contribution >= 0.6 is 0 Å². The third-order valence-electron chi connectivity index (χ3n) is 1.57. The molecule has 38 valence electrons. The normalized spacial score (nSPS) is 26.3. The van der Waals surface area contributed by atoms with Crippen LogP contribution in [0.5, 0.6) is 0 Å². The van der Waals surface area contributed by atoms with Crippen LogP contribution in [0.4, 0.5) is 0 Å². The number of rotatable bonds is 0. The fourth-order valence-electron chi connectivity index (χ4n) is 1.08. The molecule has 0 aromatic heterocycles. The minimum atomic E-state index is 1.22. The first-order valence-corrected chi connectivity index (χ1v) is 2.87. The molecule has 1 aliphatic carbocycles.